The van der Waals surface area contributed by atoms with Gasteiger partial charge in [-0.2, -0.15) is 0 Å². The molecule has 2 fully saturated rings. The molecule has 0 radical (unpaired) electrons. The Morgan fingerprint density at radius 1 is 0.875 bits per heavy atom. The van der Waals surface area contributed by atoms with Gasteiger partial charge in [0.25, 0.3) is 17.0 Å². The summed E-state index contributed by atoms with van der Waals surface area (Å²) in [4.78, 5) is 57.7. The van der Waals surface area contributed by atoms with Crippen LogP contribution in [-0.4, -0.2) is 47.9 Å². The number of nitrogens with zero attached hydrogens (tertiary/aromatic N) is 4. The lowest BCUT2D eigenvalue weighted by Gasteiger charge is -2.27. The molecule has 1 aliphatic carbocycles. The second-order valence-electron chi connectivity index (χ2n) is 17.2. The molecule has 8 rings (SSSR count). The third-order valence-electron chi connectivity index (χ3n) is 12.6. The summed E-state index contributed by atoms with van der Waals surface area (Å²) in [5.74, 6) is 0.393. The maximum absolute atomic E-state index is 14.4. The van der Waals surface area contributed by atoms with Crippen LogP contribution in [0.25, 0.3) is 21.8 Å². The summed E-state index contributed by atoms with van der Waals surface area (Å²) < 4.78 is 11.2. The van der Waals surface area contributed by atoms with E-state index in [1.807, 2.05) is 25.1 Å². The molecule has 2 aromatic heterocycles. The van der Waals surface area contributed by atoms with Crippen LogP contribution in [-0.2, 0) is 23.2 Å². The zero-order chi connectivity index (χ0) is 45.1. The van der Waals surface area contributed by atoms with Gasteiger partial charge in [0.1, 0.15) is 28.8 Å². The Morgan fingerprint density at radius 2 is 1.59 bits per heavy atom. The van der Waals surface area contributed by atoms with Crippen LogP contribution in [0.15, 0.2) is 76.5 Å². The smallest absolute Gasteiger partial charge is 0.305 e. The lowest BCUT2D eigenvalue weighted by Crippen LogP contribution is -2.33. The Kier molecular flexibility index (Phi) is 14.4. The number of rotatable bonds is 18. The number of ether oxygens (including phenoxy) is 1. The summed E-state index contributed by atoms with van der Waals surface area (Å²) in [7, 11) is 1.70. The van der Waals surface area contributed by atoms with E-state index in [9.17, 15) is 24.3 Å². The van der Waals surface area contributed by atoms with E-state index in [0.29, 0.717) is 47.6 Å². The number of hydrogen-bond donors (Lipinski definition) is 1. The molecular formula is C50H56N4O6S4. The van der Waals surface area contributed by atoms with Crippen molar-refractivity contribution in [1.29, 1.82) is 0 Å². The monoisotopic (exact) mass is 936 g/mol. The maximum atomic E-state index is 14.4. The highest BCUT2D eigenvalue weighted by atomic mass is 32.2. The van der Waals surface area contributed by atoms with Gasteiger partial charge in [0.2, 0.25) is 0 Å². The second kappa shape index (κ2) is 20.2. The highest BCUT2D eigenvalue weighted by Gasteiger charge is 2.42. The minimum atomic E-state index is -1.02. The van der Waals surface area contributed by atoms with E-state index in [1.54, 1.807) is 16.2 Å². The Bertz CT molecular complexity index is 2980. The van der Waals surface area contributed by atoms with Gasteiger partial charge in [-0.25, -0.2) is 0 Å². The van der Waals surface area contributed by atoms with Crippen molar-refractivity contribution in [2.45, 2.75) is 122 Å². The number of hydrogen-bond acceptors (Lipinski definition) is 10. The zero-order valence-corrected chi connectivity index (χ0v) is 40.1. The number of allylic oxidation sites excluding steroid dienone is 1. The quantitative estimate of drug-likeness (QED) is 0.0521. The first kappa shape index (κ1) is 45.8. The first-order valence-corrected chi connectivity index (χ1v) is 25.5. The van der Waals surface area contributed by atoms with Gasteiger partial charge in [0.15, 0.2) is 0 Å². The van der Waals surface area contributed by atoms with E-state index in [-0.39, 0.29) is 28.4 Å². The van der Waals surface area contributed by atoms with Crippen molar-refractivity contribution in [2.75, 3.05) is 11.4 Å². The fourth-order valence-electron chi connectivity index (χ4n) is 9.44. The summed E-state index contributed by atoms with van der Waals surface area (Å²) in [5, 5.41) is 11.6. The molecule has 2 atom stereocenters. The summed E-state index contributed by atoms with van der Waals surface area (Å²) in [6, 6.07) is 19.6. The largest absolute Gasteiger partial charge is 0.481 e. The number of thiazole rings is 2. The molecule has 0 spiro atoms. The third kappa shape index (κ3) is 9.61. The lowest BCUT2D eigenvalue weighted by molar-refractivity contribution is -0.137. The number of thiocarbonyl (C=S) groups is 1. The van der Waals surface area contributed by atoms with Gasteiger partial charge in [-0.3, -0.25) is 28.6 Å². The molecule has 2 aliphatic heterocycles. The predicted octanol–water partition coefficient (Wildman–Crippen LogP) is 10.0. The van der Waals surface area contributed by atoms with Crippen LogP contribution >= 0.6 is 46.7 Å². The number of aliphatic carboxylic acids is 1. The molecule has 10 nitrogen and oxygen atoms in total. The van der Waals surface area contributed by atoms with Gasteiger partial charge < -0.3 is 19.3 Å². The van der Waals surface area contributed by atoms with Gasteiger partial charge in [-0.1, -0.05) is 120 Å². The highest BCUT2D eigenvalue weighted by Crippen LogP contribution is 2.52. The van der Waals surface area contributed by atoms with Crippen molar-refractivity contribution in [3.8, 4) is 5.75 Å². The normalized spacial score (nSPS) is 18.7. The minimum Gasteiger partial charge on any atom is -0.481 e. The van der Waals surface area contributed by atoms with E-state index in [2.05, 4.69) is 60.9 Å². The van der Waals surface area contributed by atoms with Crippen molar-refractivity contribution >= 4 is 96.0 Å². The fraction of sp³-hybridized carbons (Fsp3) is 0.420. The molecule has 1 saturated carbocycles. The van der Waals surface area contributed by atoms with Gasteiger partial charge >= 0.3 is 5.97 Å². The number of carboxylic acid groups (broad SMARTS) is 1. The Morgan fingerprint density at radius 3 is 2.33 bits per heavy atom. The SMILES string of the molecule is C=C(C)Oc1ccc2cc(N3c4ccc(/C=c5\s/c(=c6/s/c(=C7/SC(=S)N(CCC(=O)O)C7=O)n(CCCCCCCCCCCC)c6=O)n(C)c5=O)cc4C4CCCC43)ccc2c1. The van der Waals surface area contributed by atoms with Crippen molar-refractivity contribution in [2.24, 2.45) is 7.05 Å². The number of benzene rings is 3. The molecule has 1 N–H and O–H groups in total. The number of carbonyl (C=O) groups is 2. The van der Waals surface area contributed by atoms with E-state index < -0.39 is 11.9 Å². The minimum absolute atomic E-state index is 0.0397. The second-order valence-corrected chi connectivity index (χ2v) is 20.9. The summed E-state index contributed by atoms with van der Waals surface area (Å²) >= 11 is 9.15. The number of carboxylic acids is 1. The number of aromatic nitrogens is 2. The number of amides is 1. The topological polar surface area (TPSA) is 114 Å². The zero-order valence-electron chi connectivity index (χ0n) is 36.9. The summed E-state index contributed by atoms with van der Waals surface area (Å²) in [6.45, 7) is 8.33. The molecular weight excluding hydrogens is 881 g/mol. The molecule has 2 unspecified atom stereocenters. The Hall–Kier alpha value is -4.76. The van der Waals surface area contributed by atoms with E-state index in [1.165, 1.54) is 77.3 Å². The van der Waals surface area contributed by atoms with E-state index in [4.69, 9.17) is 17.0 Å². The van der Waals surface area contributed by atoms with Crippen molar-refractivity contribution < 1.29 is 19.4 Å². The summed E-state index contributed by atoms with van der Waals surface area (Å²) in [5.41, 5.74) is 4.15. The molecule has 5 aromatic rings. The number of thioether (sulfide) groups is 1. The number of unbranched alkanes of at least 4 members (excludes halogenated alkanes) is 9. The summed E-state index contributed by atoms with van der Waals surface area (Å²) in [6.07, 6.45) is 16.6. The van der Waals surface area contributed by atoms with Crippen LogP contribution in [0.5, 0.6) is 5.75 Å². The van der Waals surface area contributed by atoms with Crippen LogP contribution < -0.4 is 30.0 Å². The van der Waals surface area contributed by atoms with E-state index in [0.717, 1.165) is 84.5 Å². The molecule has 3 aromatic carbocycles. The van der Waals surface area contributed by atoms with Crippen molar-refractivity contribution in [3.63, 3.8) is 0 Å². The highest BCUT2D eigenvalue weighted by molar-refractivity contribution is 8.30. The molecule has 4 heterocycles. The van der Waals surface area contributed by atoms with Crippen LogP contribution in [0, 0.1) is 9.20 Å². The Labute approximate surface area is 390 Å². The Balaban J connectivity index is 1.12. The molecule has 1 saturated heterocycles. The van der Waals surface area contributed by atoms with Crippen molar-refractivity contribution in [1.82, 2.24) is 14.0 Å². The number of fused-ring (bicyclic) bond motifs is 4. The average molecular weight is 937 g/mol. The third-order valence-corrected chi connectivity index (χ3v) is 16.7. The van der Waals surface area contributed by atoms with Gasteiger partial charge in [-0.05, 0) is 90.6 Å². The predicted molar refractivity (Wildman–Crippen MR) is 266 cm³/mol. The molecule has 336 valence electrons. The average Bonchev–Trinajstić information content (AvgIpc) is 4.07. The van der Waals surface area contributed by atoms with Crippen LogP contribution in [0.3, 0.4) is 0 Å². The number of anilines is 2. The maximum Gasteiger partial charge on any atom is 0.305 e. The first-order valence-electron chi connectivity index (χ1n) is 22.6. The van der Waals surface area contributed by atoms with Gasteiger partial charge in [0, 0.05) is 43.5 Å². The van der Waals surface area contributed by atoms with Crippen molar-refractivity contribution in [3.05, 3.63) is 117 Å². The standard InChI is InChI=1S/C50H56N4O6S4/c1-5-6-7-8-9-10-11-12-13-14-25-52-46(58)43(63-49(52)44-47(59)53(50(61)64-44)26-24-42(55)56)48-51(4)45(57)41(62-48)28-32-18-23-40-38(27-32)37-16-15-17-39(37)54(40)35-21-19-34-30-36(60-31(2)3)22-20-33(34)29-35/h18-23,27-30,37,39H,2,5-17,24-26H2,1,3-4H3,(H,55,56)/b41-28-,48-43+,49-44+. The molecule has 14 heteroatoms. The van der Waals surface area contributed by atoms with Crippen LogP contribution in [0.2, 0.25) is 0 Å². The first-order chi connectivity index (χ1) is 30.9. The van der Waals surface area contributed by atoms with Crippen LogP contribution in [0.1, 0.15) is 121 Å². The molecule has 1 amide bonds. The number of carbonyl (C=O) groups excluding carboxylic acids is 1. The van der Waals surface area contributed by atoms with Gasteiger partial charge in [0.05, 0.1) is 16.7 Å². The lowest BCUT2D eigenvalue weighted by atomic mass is 9.96. The molecule has 0 bridgehead atoms. The fourth-order valence-corrected chi connectivity index (χ4v) is 13.3. The van der Waals surface area contributed by atoms with Crippen LogP contribution in [0.4, 0.5) is 11.4 Å². The molecule has 64 heavy (non-hydrogen) atoms. The molecule has 3 aliphatic rings. The van der Waals surface area contributed by atoms with Gasteiger partial charge in [-0.15, -0.1) is 22.7 Å². The van der Waals surface area contributed by atoms with E-state index >= 15 is 0 Å².